The molecule has 1 aliphatic rings. The molecule has 0 atom stereocenters. The minimum atomic E-state index is 0.00392. The topological polar surface area (TPSA) is 96.5 Å². The van der Waals surface area contributed by atoms with E-state index < -0.39 is 0 Å². The van der Waals surface area contributed by atoms with Gasteiger partial charge in [-0.15, -0.1) is 0 Å². The Morgan fingerprint density at radius 3 is 2.78 bits per heavy atom. The van der Waals surface area contributed by atoms with Crippen LogP contribution in [-0.2, 0) is 4.79 Å². The van der Waals surface area contributed by atoms with Crippen LogP contribution in [0.5, 0.6) is 0 Å². The fourth-order valence-corrected chi connectivity index (χ4v) is 1.60. The van der Waals surface area contributed by atoms with Crippen molar-refractivity contribution in [1.29, 1.82) is 0 Å². The molecule has 3 N–H and O–H groups in total. The van der Waals surface area contributed by atoms with E-state index in [2.05, 4.69) is 20.3 Å². The van der Waals surface area contributed by atoms with E-state index in [1.165, 1.54) is 0 Å². The van der Waals surface area contributed by atoms with Crippen molar-refractivity contribution in [3.05, 3.63) is 0 Å². The van der Waals surface area contributed by atoms with Gasteiger partial charge in [0, 0.05) is 20.5 Å². The Labute approximate surface area is 105 Å². The summed E-state index contributed by atoms with van der Waals surface area (Å²) in [5, 5.41) is 3.05. The summed E-state index contributed by atoms with van der Waals surface area (Å²) in [7, 11) is 3.67. The molecule has 96 valence electrons. The number of aromatic nitrogens is 2. The number of nitrogen functional groups attached to an aromatic ring is 1. The third kappa shape index (κ3) is 2.11. The van der Waals surface area contributed by atoms with Crippen LogP contribution in [0.3, 0.4) is 0 Å². The van der Waals surface area contributed by atoms with Crippen molar-refractivity contribution >= 4 is 34.8 Å². The maximum atomic E-state index is 11.6. The lowest BCUT2D eigenvalue weighted by atomic mass is 10.1. The molecule has 2 heterocycles. The number of rotatable bonds is 3. The highest BCUT2D eigenvalue weighted by atomic mass is 16.1. The zero-order valence-electron chi connectivity index (χ0n) is 10.7. The molecule has 0 aliphatic carbocycles. The fraction of sp³-hybridized carbons (Fsp3) is 0.455. The lowest BCUT2D eigenvalue weighted by Gasteiger charge is -2.19. The van der Waals surface area contributed by atoms with Gasteiger partial charge in [0.15, 0.2) is 17.4 Å². The lowest BCUT2D eigenvalue weighted by molar-refractivity contribution is -0.112. The molecule has 0 saturated heterocycles. The quantitative estimate of drug-likeness (QED) is 0.813. The second-order valence-corrected chi connectivity index (χ2v) is 4.19. The van der Waals surface area contributed by atoms with Gasteiger partial charge in [-0.25, -0.2) is 4.99 Å². The van der Waals surface area contributed by atoms with Gasteiger partial charge in [-0.3, -0.25) is 4.79 Å². The average molecular weight is 248 g/mol. The van der Waals surface area contributed by atoms with Crippen LogP contribution < -0.4 is 16.0 Å². The minimum absolute atomic E-state index is 0.00392. The summed E-state index contributed by atoms with van der Waals surface area (Å²) in [5.41, 5.74) is 6.77. The van der Waals surface area contributed by atoms with E-state index in [-0.39, 0.29) is 11.6 Å². The zero-order chi connectivity index (χ0) is 13.3. The summed E-state index contributed by atoms with van der Waals surface area (Å²) >= 11 is 0. The van der Waals surface area contributed by atoms with Crippen LogP contribution >= 0.6 is 0 Å². The number of ketones is 1. The molecular formula is C11H16N6O. The molecule has 18 heavy (non-hydrogen) atoms. The molecule has 0 saturated carbocycles. The fourth-order valence-electron chi connectivity index (χ4n) is 1.60. The van der Waals surface area contributed by atoms with Crippen LogP contribution in [0.25, 0.3) is 0 Å². The number of carbonyl (C=O) groups excluding carboxylic acids is 1. The second-order valence-electron chi connectivity index (χ2n) is 4.19. The van der Waals surface area contributed by atoms with E-state index in [1.54, 1.807) is 11.8 Å². The van der Waals surface area contributed by atoms with Gasteiger partial charge in [-0.2, -0.15) is 9.97 Å². The predicted molar refractivity (Wildman–Crippen MR) is 71.7 cm³/mol. The van der Waals surface area contributed by atoms with E-state index in [4.69, 9.17) is 5.73 Å². The van der Waals surface area contributed by atoms with Crippen molar-refractivity contribution in [2.45, 2.75) is 13.3 Å². The van der Waals surface area contributed by atoms with Crippen molar-refractivity contribution in [3.63, 3.8) is 0 Å². The van der Waals surface area contributed by atoms with Crippen LogP contribution in [0.2, 0.25) is 0 Å². The number of aliphatic imine (C=N–C) groups is 1. The monoisotopic (exact) mass is 248 g/mol. The number of nitrogens with one attached hydrogen (secondary N) is 1. The SMILES string of the molecule is CCC(=O)C1=Nc2c(N)nc(N(C)C)nc2NC1. The van der Waals surface area contributed by atoms with Crippen molar-refractivity contribution < 1.29 is 4.79 Å². The molecule has 0 amide bonds. The molecule has 0 aromatic carbocycles. The summed E-state index contributed by atoms with van der Waals surface area (Å²) in [4.78, 5) is 26.1. The van der Waals surface area contributed by atoms with Gasteiger partial charge < -0.3 is 16.0 Å². The first-order valence-corrected chi connectivity index (χ1v) is 5.72. The Balaban J connectivity index is 2.45. The second kappa shape index (κ2) is 4.59. The van der Waals surface area contributed by atoms with Gasteiger partial charge >= 0.3 is 0 Å². The van der Waals surface area contributed by atoms with Gasteiger partial charge in [0.05, 0.1) is 6.54 Å². The molecule has 0 spiro atoms. The Kier molecular flexibility index (Phi) is 3.14. The summed E-state index contributed by atoms with van der Waals surface area (Å²) < 4.78 is 0. The summed E-state index contributed by atoms with van der Waals surface area (Å²) in [6, 6.07) is 0. The third-order valence-electron chi connectivity index (χ3n) is 2.61. The first kappa shape index (κ1) is 12.3. The van der Waals surface area contributed by atoms with Crippen LogP contribution in [0.15, 0.2) is 4.99 Å². The summed E-state index contributed by atoms with van der Waals surface area (Å²) in [5.74, 6) is 1.36. The van der Waals surface area contributed by atoms with Gasteiger partial charge in [0.2, 0.25) is 5.95 Å². The molecule has 0 unspecified atom stereocenters. The number of nitrogens with two attached hydrogens (primary N) is 1. The number of anilines is 3. The smallest absolute Gasteiger partial charge is 0.228 e. The Morgan fingerprint density at radius 1 is 1.44 bits per heavy atom. The maximum absolute atomic E-state index is 11.6. The molecule has 7 nitrogen and oxygen atoms in total. The lowest BCUT2D eigenvalue weighted by Crippen LogP contribution is -2.27. The number of fused-ring (bicyclic) bond motifs is 1. The highest BCUT2D eigenvalue weighted by Gasteiger charge is 2.21. The summed E-state index contributed by atoms with van der Waals surface area (Å²) in [6.45, 7) is 2.18. The van der Waals surface area contributed by atoms with Crippen molar-refractivity contribution in [2.24, 2.45) is 4.99 Å². The highest BCUT2D eigenvalue weighted by molar-refractivity contribution is 6.42. The number of nitrogens with zero attached hydrogens (tertiary/aromatic N) is 4. The van der Waals surface area contributed by atoms with Crippen LogP contribution in [0.1, 0.15) is 13.3 Å². The number of hydrogen-bond donors (Lipinski definition) is 2. The van der Waals surface area contributed by atoms with Gasteiger partial charge in [-0.1, -0.05) is 6.92 Å². The number of carbonyl (C=O) groups is 1. The van der Waals surface area contributed by atoms with E-state index in [1.807, 2.05) is 14.1 Å². The van der Waals surface area contributed by atoms with Crippen molar-refractivity contribution in [2.75, 3.05) is 36.6 Å². The molecule has 1 aromatic rings. The molecule has 7 heteroatoms. The first-order valence-electron chi connectivity index (χ1n) is 5.72. The zero-order valence-corrected chi connectivity index (χ0v) is 10.7. The highest BCUT2D eigenvalue weighted by Crippen LogP contribution is 2.32. The Hall–Kier alpha value is -2.18. The van der Waals surface area contributed by atoms with E-state index in [0.717, 1.165) is 0 Å². The molecular weight excluding hydrogens is 232 g/mol. The minimum Gasteiger partial charge on any atom is -0.382 e. The van der Waals surface area contributed by atoms with Crippen LogP contribution in [-0.4, -0.2) is 42.1 Å². The normalized spacial score (nSPS) is 13.4. The third-order valence-corrected chi connectivity index (χ3v) is 2.61. The van der Waals surface area contributed by atoms with E-state index in [9.17, 15) is 4.79 Å². The van der Waals surface area contributed by atoms with Gasteiger partial charge in [0.25, 0.3) is 0 Å². The van der Waals surface area contributed by atoms with Crippen LogP contribution in [0, 0.1) is 0 Å². The maximum Gasteiger partial charge on any atom is 0.228 e. The summed E-state index contributed by atoms with van der Waals surface area (Å²) in [6.07, 6.45) is 0.423. The molecule has 1 aromatic heterocycles. The van der Waals surface area contributed by atoms with Crippen molar-refractivity contribution in [3.8, 4) is 0 Å². The van der Waals surface area contributed by atoms with Crippen molar-refractivity contribution in [1.82, 2.24) is 9.97 Å². The predicted octanol–water partition coefficient (Wildman–Crippen LogP) is 0.602. The largest absolute Gasteiger partial charge is 0.382 e. The van der Waals surface area contributed by atoms with E-state index >= 15 is 0 Å². The molecule has 0 bridgehead atoms. The number of Topliss-reactive ketones (excluding diaryl/α,β-unsaturated/α-hetero) is 1. The van der Waals surface area contributed by atoms with Gasteiger partial charge in [-0.05, 0) is 0 Å². The number of hydrogen-bond acceptors (Lipinski definition) is 7. The Morgan fingerprint density at radius 2 is 2.17 bits per heavy atom. The van der Waals surface area contributed by atoms with Crippen LogP contribution in [0.4, 0.5) is 23.3 Å². The molecule has 1 aliphatic heterocycles. The molecule has 0 radical (unpaired) electrons. The molecule has 0 fully saturated rings. The average Bonchev–Trinajstić information content (AvgIpc) is 2.37. The Bertz CT molecular complexity index is 523. The van der Waals surface area contributed by atoms with E-state index in [0.29, 0.717) is 36.1 Å². The van der Waals surface area contributed by atoms with Gasteiger partial charge in [0.1, 0.15) is 11.4 Å². The standard InChI is InChI=1S/C11H16N6O/c1-4-7(18)6-5-13-10-8(14-6)9(12)15-11(16-10)17(2)3/h4-5H2,1-3H3,(H3,12,13,15,16). The molecule has 2 rings (SSSR count). The first-order chi connectivity index (χ1) is 8.52.